The molecule has 1 aliphatic heterocycles. The SMILES string of the molecule is CCc1ccc(N2CN=c3sc(=Cc4ccccn4)c(=O)n3C2)cc1. The van der Waals surface area contributed by atoms with E-state index in [1.165, 1.54) is 16.9 Å². The van der Waals surface area contributed by atoms with Crippen LogP contribution in [0.25, 0.3) is 6.08 Å². The first kappa shape index (κ1) is 15.8. The molecule has 25 heavy (non-hydrogen) atoms. The Morgan fingerprint density at radius 1 is 1.20 bits per heavy atom. The second kappa shape index (κ2) is 6.64. The molecule has 0 radical (unpaired) electrons. The predicted octanol–water partition coefficient (Wildman–Crippen LogP) is 1.75. The van der Waals surface area contributed by atoms with Crippen molar-refractivity contribution in [3.8, 4) is 0 Å². The second-order valence-electron chi connectivity index (χ2n) is 5.88. The summed E-state index contributed by atoms with van der Waals surface area (Å²) in [5.41, 5.74) is 3.16. The maximum Gasteiger partial charge on any atom is 0.271 e. The Bertz CT molecular complexity index is 1050. The van der Waals surface area contributed by atoms with Crippen molar-refractivity contribution in [2.24, 2.45) is 4.99 Å². The number of benzene rings is 1. The lowest BCUT2D eigenvalue weighted by Crippen LogP contribution is -2.42. The number of hydrogen-bond acceptors (Lipinski definition) is 5. The van der Waals surface area contributed by atoms with Crippen LogP contribution in [0.5, 0.6) is 0 Å². The van der Waals surface area contributed by atoms with Gasteiger partial charge in [0.15, 0.2) is 4.80 Å². The maximum atomic E-state index is 12.7. The van der Waals surface area contributed by atoms with E-state index >= 15 is 0 Å². The molecule has 1 aromatic carbocycles. The molecular weight excluding hydrogens is 332 g/mol. The third-order valence-electron chi connectivity index (χ3n) is 4.25. The molecule has 0 spiro atoms. The zero-order valence-corrected chi connectivity index (χ0v) is 14.7. The quantitative estimate of drug-likeness (QED) is 0.723. The lowest BCUT2D eigenvalue weighted by molar-refractivity contribution is 0.569. The van der Waals surface area contributed by atoms with Crippen LogP contribution >= 0.6 is 11.3 Å². The molecule has 3 aromatic rings. The molecule has 6 heteroatoms. The fraction of sp³-hybridized carbons (Fsp3) is 0.211. The van der Waals surface area contributed by atoms with E-state index in [-0.39, 0.29) is 5.56 Å². The molecule has 0 saturated carbocycles. The highest BCUT2D eigenvalue weighted by atomic mass is 32.1. The highest BCUT2D eigenvalue weighted by molar-refractivity contribution is 7.07. The van der Waals surface area contributed by atoms with E-state index in [0.29, 0.717) is 17.9 Å². The van der Waals surface area contributed by atoms with Gasteiger partial charge in [0, 0.05) is 11.9 Å². The van der Waals surface area contributed by atoms with Crippen molar-refractivity contribution in [2.45, 2.75) is 20.0 Å². The van der Waals surface area contributed by atoms with Crippen molar-refractivity contribution in [3.63, 3.8) is 0 Å². The molecule has 0 bridgehead atoms. The fourth-order valence-electron chi connectivity index (χ4n) is 2.81. The van der Waals surface area contributed by atoms with E-state index < -0.39 is 0 Å². The second-order valence-corrected chi connectivity index (χ2v) is 6.89. The maximum absolute atomic E-state index is 12.7. The Hall–Kier alpha value is -2.73. The minimum atomic E-state index is -0.00992. The first-order chi connectivity index (χ1) is 12.2. The predicted molar refractivity (Wildman–Crippen MR) is 100 cm³/mol. The number of fused-ring (bicyclic) bond motifs is 1. The number of anilines is 1. The van der Waals surface area contributed by atoms with Gasteiger partial charge in [0.05, 0.1) is 10.2 Å². The van der Waals surface area contributed by atoms with Gasteiger partial charge in [0.25, 0.3) is 5.56 Å². The summed E-state index contributed by atoms with van der Waals surface area (Å²) >= 11 is 1.42. The Balaban J connectivity index is 1.68. The summed E-state index contributed by atoms with van der Waals surface area (Å²) in [4.78, 5) is 24.4. The standard InChI is InChI=1S/C19H18N4OS/c1-2-14-6-8-16(9-7-14)22-12-21-19-23(13-22)18(24)17(25-19)11-15-5-3-4-10-20-15/h3-11H,2,12-13H2,1H3. The summed E-state index contributed by atoms with van der Waals surface area (Å²) in [6, 6.07) is 14.1. The summed E-state index contributed by atoms with van der Waals surface area (Å²) in [6.07, 6.45) is 4.57. The van der Waals surface area contributed by atoms with E-state index in [2.05, 4.69) is 46.1 Å². The molecule has 0 N–H and O–H groups in total. The topological polar surface area (TPSA) is 50.5 Å². The smallest absolute Gasteiger partial charge is 0.271 e. The van der Waals surface area contributed by atoms with Crippen LogP contribution < -0.4 is 19.8 Å². The lowest BCUT2D eigenvalue weighted by Gasteiger charge is -2.25. The number of pyridine rings is 1. The normalized spacial score (nSPS) is 14.3. The summed E-state index contributed by atoms with van der Waals surface area (Å²) < 4.78 is 2.40. The Morgan fingerprint density at radius 3 is 2.76 bits per heavy atom. The molecule has 5 nitrogen and oxygen atoms in total. The highest BCUT2D eigenvalue weighted by Gasteiger charge is 2.15. The van der Waals surface area contributed by atoms with Crippen molar-refractivity contribution >= 4 is 23.1 Å². The van der Waals surface area contributed by atoms with Gasteiger partial charge in [-0.1, -0.05) is 36.5 Å². The molecule has 0 aliphatic carbocycles. The van der Waals surface area contributed by atoms with Crippen molar-refractivity contribution in [1.29, 1.82) is 0 Å². The molecule has 4 rings (SSSR count). The lowest BCUT2D eigenvalue weighted by atomic mass is 10.1. The fourth-order valence-corrected chi connectivity index (χ4v) is 3.76. The third kappa shape index (κ3) is 3.13. The van der Waals surface area contributed by atoms with Crippen molar-refractivity contribution in [1.82, 2.24) is 9.55 Å². The molecule has 0 amide bonds. The van der Waals surface area contributed by atoms with E-state index in [1.54, 1.807) is 10.8 Å². The minimum absolute atomic E-state index is 0.00992. The number of nitrogens with zero attached hydrogens (tertiary/aromatic N) is 4. The van der Waals surface area contributed by atoms with Gasteiger partial charge in [0.2, 0.25) is 0 Å². The highest BCUT2D eigenvalue weighted by Crippen LogP contribution is 2.17. The van der Waals surface area contributed by atoms with Crippen molar-refractivity contribution < 1.29 is 0 Å². The molecule has 0 atom stereocenters. The summed E-state index contributed by atoms with van der Waals surface area (Å²) in [6.45, 7) is 3.23. The molecule has 0 unspecified atom stereocenters. The van der Waals surface area contributed by atoms with Crippen LogP contribution in [0.15, 0.2) is 58.4 Å². The molecule has 0 fully saturated rings. The third-order valence-corrected chi connectivity index (χ3v) is 5.30. The van der Waals surface area contributed by atoms with E-state index in [4.69, 9.17) is 0 Å². The van der Waals surface area contributed by atoms with Crippen LogP contribution in [-0.4, -0.2) is 16.2 Å². The summed E-state index contributed by atoms with van der Waals surface area (Å²) in [5, 5.41) is 0. The van der Waals surface area contributed by atoms with Gasteiger partial charge in [-0.2, -0.15) is 0 Å². The van der Waals surface area contributed by atoms with Gasteiger partial charge in [-0.15, -0.1) is 0 Å². The Morgan fingerprint density at radius 2 is 2.04 bits per heavy atom. The Labute approximate surface area is 149 Å². The first-order valence-corrected chi connectivity index (χ1v) is 9.07. The summed E-state index contributed by atoms with van der Waals surface area (Å²) in [5.74, 6) is 0. The van der Waals surface area contributed by atoms with Crippen LogP contribution in [-0.2, 0) is 13.1 Å². The molecule has 1 aliphatic rings. The Kier molecular flexibility index (Phi) is 4.19. The van der Waals surface area contributed by atoms with Gasteiger partial charge < -0.3 is 4.90 Å². The minimum Gasteiger partial charge on any atom is -0.334 e. The summed E-state index contributed by atoms with van der Waals surface area (Å²) in [7, 11) is 0. The number of aryl methyl sites for hydroxylation is 1. The first-order valence-electron chi connectivity index (χ1n) is 8.25. The van der Waals surface area contributed by atoms with Gasteiger partial charge in [0.1, 0.15) is 13.3 Å². The van der Waals surface area contributed by atoms with Gasteiger partial charge >= 0.3 is 0 Å². The number of rotatable bonds is 3. The molecule has 2 aromatic heterocycles. The molecular formula is C19H18N4OS. The van der Waals surface area contributed by atoms with E-state index in [0.717, 1.165) is 22.6 Å². The molecule has 3 heterocycles. The average Bonchev–Trinajstić information content (AvgIpc) is 2.98. The number of hydrogen-bond donors (Lipinski definition) is 0. The van der Waals surface area contributed by atoms with Gasteiger partial charge in [-0.25, -0.2) is 4.99 Å². The zero-order valence-electron chi connectivity index (χ0n) is 13.9. The van der Waals surface area contributed by atoms with E-state index in [9.17, 15) is 4.79 Å². The number of thiazole rings is 1. The van der Waals surface area contributed by atoms with E-state index in [1.807, 2.05) is 24.3 Å². The van der Waals surface area contributed by atoms with Gasteiger partial charge in [-0.05, 0) is 42.3 Å². The van der Waals surface area contributed by atoms with Crippen molar-refractivity contribution in [3.05, 3.63) is 79.6 Å². The van der Waals surface area contributed by atoms with Crippen LogP contribution in [0.1, 0.15) is 18.2 Å². The molecule has 126 valence electrons. The number of aromatic nitrogens is 2. The van der Waals surface area contributed by atoms with Crippen molar-refractivity contribution in [2.75, 3.05) is 11.6 Å². The van der Waals surface area contributed by atoms with Crippen LogP contribution in [0.4, 0.5) is 5.69 Å². The molecule has 0 saturated heterocycles. The largest absolute Gasteiger partial charge is 0.334 e. The van der Waals surface area contributed by atoms with Crippen LogP contribution in [0.2, 0.25) is 0 Å². The monoisotopic (exact) mass is 350 g/mol. The average molecular weight is 350 g/mol. The zero-order chi connectivity index (χ0) is 17.2. The van der Waals surface area contributed by atoms with Crippen LogP contribution in [0.3, 0.4) is 0 Å². The van der Waals surface area contributed by atoms with Gasteiger partial charge in [-0.3, -0.25) is 14.3 Å². The van der Waals surface area contributed by atoms with Crippen LogP contribution in [0, 0.1) is 0 Å².